The van der Waals surface area contributed by atoms with Crippen LogP contribution in [-0.4, -0.2) is 33.5 Å². The van der Waals surface area contributed by atoms with Crippen LogP contribution in [0.1, 0.15) is 29.8 Å². The van der Waals surface area contributed by atoms with E-state index in [1.807, 2.05) is 11.0 Å². The second kappa shape index (κ2) is 3.54. The first-order valence-electron chi connectivity index (χ1n) is 6.34. The van der Waals surface area contributed by atoms with Gasteiger partial charge in [0.2, 0.25) is 11.4 Å². The number of aromatic nitrogens is 2. The van der Waals surface area contributed by atoms with Crippen molar-refractivity contribution < 1.29 is 9.32 Å². The second-order valence-corrected chi connectivity index (χ2v) is 5.18. The molecule has 92 valence electrons. The van der Waals surface area contributed by atoms with E-state index in [0.717, 1.165) is 19.4 Å². The van der Waals surface area contributed by atoms with E-state index in [0.29, 0.717) is 28.8 Å². The molecule has 0 radical (unpaired) electrons. The number of carbonyl (C=O) groups is 1. The highest BCUT2D eigenvalue weighted by atomic mass is 16.5. The fraction of sp³-hybridized carbons (Fsp3) is 0.462. The van der Waals surface area contributed by atoms with Gasteiger partial charge in [0.05, 0.1) is 5.39 Å². The van der Waals surface area contributed by atoms with Crippen molar-refractivity contribution in [3.63, 3.8) is 0 Å². The number of pyridine rings is 1. The van der Waals surface area contributed by atoms with Crippen LogP contribution >= 0.6 is 0 Å². The average molecular weight is 243 g/mol. The third-order valence-corrected chi connectivity index (χ3v) is 4.12. The van der Waals surface area contributed by atoms with Gasteiger partial charge in [-0.05, 0) is 37.3 Å². The number of hydrogen-bond donors (Lipinski definition) is 0. The highest BCUT2D eigenvalue weighted by molar-refractivity contribution is 6.03. The minimum Gasteiger partial charge on any atom is -0.348 e. The van der Waals surface area contributed by atoms with Gasteiger partial charge in [0.25, 0.3) is 5.91 Å². The zero-order valence-electron chi connectivity index (χ0n) is 9.87. The van der Waals surface area contributed by atoms with Crippen molar-refractivity contribution in [2.45, 2.75) is 25.3 Å². The second-order valence-electron chi connectivity index (χ2n) is 5.18. The Balaban J connectivity index is 1.72. The molecule has 5 nitrogen and oxygen atoms in total. The summed E-state index contributed by atoms with van der Waals surface area (Å²) < 4.78 is 5.19. The maximum Gasteiger partial charge on any atom is 0.293 e. The Morgan fingerprint density at radius 3 is 3.17 bits per heavy atom. The summed E-state index contributed by atoms with van der Waals surface area (Å²) in [4.78, 5) is 18.5. The number of nitrogens with zero attached hydrogens (tertiary/aromatic N) is 3. The van der Waals surface area contributed by atoms with Crippen molar-refractivity contribution >= 4 is 16.9 Å². The van der Waals surface area contributed by atoms with Crippen molar-refractivity contribution in [1.29, 1.82) is 0 Å². The van der Waals surface area contributed by atoms with Crippen molar-refractivity contribution in [2.24, 2.45) is 5.92 Å². The molecule has 2 fully saturated rings. The molecule has 1 saturated carbocycles. The topological polar surface area (TPSA) is 59.2 Å². The van der Waals surface area contributed by atoms with Crippen LogP contribution in [-0.2, 0) is 0 Å². The lowest BCUT2D eigenvalue weighted by molar-refractivity contribution is 0.0664. The fourth-order valence-electron chi connectivity index (χ4n) is 3.24. The van der Waals surface area contributed by atoms with Gasteiger partial charge in [0, 0.05) is 18.8 Å². The van der Waals surface area contributed by atoms with Crippen LogP contribution in [0, 0.1) is 5.92 Å². The molecule has 0 spiro atoms. The summed E-state index contributed by atoms with van der Waals surface area (Å²) in [5.41, 5.74) is 0.505. The first-order valence-corrected chi connectivity index (χ1v) is 6.34. The lowest BCUT2D eigenvalue weighted by atomic mass is 10.1. The Labute approximate surface area is 104 Å². The number of likely N-dealkylation sites (tertiary alicyclic amines) is 1. The van der Waals surface area contributed by atoms with Gasteiger partial charge in [-0.1, -0.05) is 5.16 Å². The Morgan fingerprint density at radius 1 is 1.44 bits per heavy atom. The number of fused-ring (bicyclic) bond motifs is 3. The molecule has 4 rings (SSSR count). The monoisotopic (exact) mass is 243 g/mol. The van der Waals surface area contributed by atoms with Gasteiger partial charge in [0.15, 0.2) is 0 Å². The number of piperidine rings is 1. The predicted octanol–water partition coefficient (Wildman–Crippen LogP) is 1.85. The van der Waals surface area contributed by atoms with Gasteiger partial charge < -0.3 is 9.42 Å². The Bertz CT molecular complexity index is 621. The minimum atomic E-state index is -0.0299. The maximum atomic E-state index is 12.5. The molecule has 2 bridgehead atoms. The molecule has 3 heterocycles. The molecular formula is C13H13N3O2. The third-order valence-electron chi connectivity index (χ3n) is 4.12. The Kier molecular flexibility index (Phi) is 1.98. The minimum absolute atomic E-state index is 0.0299. The van der Waals surface area contributed by atoms with E-state index in [1.54, 1.807) is 12.3 Å². The molecule has 0 N–H and O–H groups in total. The van der Waals surface area contributed by atoms with Crippen LogP contribution in [0.2, 0.25) is 0 Å². The smallest absolute Gasteiger partial charge is 0.293 e. The van der Waals surface area contributed by atoms with E-state index >= 15 is 0 Å². The van der Waals surface area contributed by atoms with Crippen LogP contribution in [0.15, 0.2) is 22.9 Å². The molecule has 0 unspecified atom stereocenters. The molecule has 1 saturated heterocycles. The van der Waals surface area contributed by atoms with Crippen molar-refractivity contribution in [3.05, 3.63) is 24.1 Å². The molecule has 2 aromatic rings. The highest BCUT2D eigenvalue weighted by Crippen LogP contribution is 2.38. The first kappa shape index (κ1) is 10.1. The quantitative estimate of drug-likeness (QED) is 0.767. The summed E-state index contributed by atoms with van der Waals surface area (Å²) in [6, 6.07) is 4.03. The van der Waals surface area contributed by atoms with Crippen molar-refractivity contribution in [1.82, 2.24) is 15.0 Å². The fourth-order valence-corrected chi connectivity index (χ4v) is 3.24. The molecule has 1 aliphatic carbocycles. The predicted molar refractivity (Wildman–Crippen MR) is 64.0 cm³/mol. The molecule has 1 amide bonds. The SMILES string of the molecule is O=C(c1onc2ncccc12)N1C[C@H]2CC[C@H]1C2. The summed E-state index contributed by atoms with van der Waals surface area (Å²) in [7, 11) is 0. The molecule has 18 heavy (non-hydrogen) atoms. The van der Waals surface area contributed by atoms with Gasteiger partial charge in [-0.25, -0.2) is 4.98 Å². The molecule has 0 aromatic carbocycles. The summed E-state index contributed by atoms with van der Waals surface area (Å²) in [6.45, 7) is 0.867. The first-order chi connectivity index (χ1) is 8.83. The molecular weight excluding hydrogens is 230 g/mol. The van der Waals surface area contributed by atoms with Gasteiger partial charge in [-0.15, -0.1) is 0 Å². The maximum absolute atomic E-state index is 12.5. The van der Waals surface area contributed by atoms with E-state index in [1.165, 1.54) is 6.42 Å². The number of carbonyl (C=O) groups excluding carboxylic acids is 1. The molecule has 2 atom stereocenters. The molecule has 2 aliphatic rings. The third kappa shape index (κ3) is 1.30. The normalized spacial score (nSPS) is 26.1. The van der Waals surface area contributed by atoms with Crippen LogP contribution in [0.4, 0.5) is 0 Å². The summed E-state index contributed by atoms with van der Waals surface area (Å²) in [6.07, 6.45) is 5.18. The van der Waals surface area contributed by atoms with Crippen molar-refractivity contribution in [3.8, 4) is 0 Å². The summed E-state index contributed by atoms with van der Waals surface area (Å²) in [5.74, 6) is 0.995. The molecule has 5 heteroatoms. The van der Waals surface area contributed by atoms with E-state index < -0.39 is 0 Å². The van der Waals surface area contributed by atoms with E-state index in [-0.39, 0.29) is 5.91 Å². The van der Waals surface area contributed by atoms with Crippen LogP contribution in [0.5, 0.6) is 0 Å². The van der Waals surface area contributed by atoms with Gasteiger partial charge in [-0.3, -0.25) is 4.79 Å². The van der Waals surface area contributed by atoms with E-state index in [2.05, 4.69) is 10.1 Å². The van der Waals surface area contributed by atoms with Gasteiger partial charge >= 0.3 is 0 Å². The number of amides is 1. The lowest BCUT2D eigenvalue weighted by Crippen LogP contribution is -2.37. The van der Waals surface area contributed by atoms with E-state index in [9.17, 15) is 4.79 Å². The molecule has 1 aliphatic heterocycles. The largest absolute Gasteiger partial charge is 0.348 e. The number of hydrogen-bond acceptors (Lipinski definition) is 4. The van der Waals surface area contributed by atoms with Crippen molar-refractivity contribution in [2.75, 3.05) is 6.54 Å². The Hall–Kier alpha value is -1.91. The average Bonchev–Trinajstić information content (AvgIpc) is 3.12. The zero-order chi connectivity index (χ0) is 12.1. The lowest BCUT2D eigenvalue weighted by Gasteiger charge is -2.25. The highest BCUT2D eigenvalue weighted by Gasteiger charge is 2.41. The zero-order valence-corrected chi connectivity index (χ0v) is 9.87. The van der Waals surface area contributed by atoms with Crippen LogP contribution in [0.25, 0.3) is 11.0 Å². The van der Waals surface area contributed by atoms with Crippen LogP contribution in [0.3, 0.4) is 0 Å². The van der Waals surface area contributed by atoms with Gasteiger partial charge in [-0.2, -0.15) is 0 Å². The summed E-state index contributed by atoms with van der Waals surface area (Å²) in [5, 5.41) is 4.55. The molecule has 2 aromatic heterocycles. The Morgan fingerprint density at radius 2 is 2.39 bits per heavy atom. The summed E-state index contributed by atoms with van der Waals surface area (Å²) >= 11 is 0. The number of rotatable bonds is 1. The van der Waals surface area contributed by atoms with E-state index in [4.69, 9.17) is 4.52 Å². The standard InChI is InChI=1S/C13H13N3O2/c17-13(16-7-8-3-4-9(16)6-8)11-10-2-1-5-14-12(10)15-18-11/h1-2,5,8-9H,3-4,6-7H2/t8-,9-/m0/s1. The van der Waals surface area contributed by atoms with Gasteiger partial charge in [0.1, 0.15) is 0 Å². The van der Waals surface area contributed by atoms with Crippen LogP contribution < -0.4 is 0 Å².